The molecule has 0 aromatic carbocycles. The SMILES string of the molecule is CCOc1ccc(C(C)N2CCNCC2)nc1. The molecule has 1 aliphatic rings. The summed E-state index contributed by atoms with van der Waals surface area (Å²) in [6.45, 7) is 9.22. The number of nitrogens with one attached hydrogen (secondary N) is 1. The standard InChI is InChI=1S/C13H21N3O/c1-3-17-12-4-5-13(15-10-12)11(2)16-8-6-14-7-9-16/h4-5,10-11,14H,3,6-9H2,1-2H3. The molecule has 1 aromatic rings. The molecule has 2 heterocycles. The number of hydrogen-bond donors (Lipinski definition) is 1. The van der Waals surface area contributed by atoms with Gasteiger partial charge in [0.15, 0.2) is 0 Å². The van der Waals surface area contributed by atoms with Crippen LogP contribution in [0.3, 0.4) is 0 Å². The van der Waals surface area contributed by atoms with E-state index in [4.69, 9.17) is 4.74 Å². The molecule has 0 amide bonds. The minimum atomic E-state index is 0.382. The van der Waals surface area contributed by atoms with E-state index in [2.05, 4.69) is 28.2 Å². The molecule has 0 spiro atoms. The second-order valence-corrected chi connectivity index (χ2v) is 4.31. The molecule has 1 aliphatic heterocycles. The van der Waals surface area contributed by atoms with Crippen LogP contribution in [0, 0.1) is 0 Å². The quantitative estimate of drug-likeness (QED) is 0.857. The summed E-state index contributed by atoms with van der Waals surface area (Å²) in [5.41, 5.74) is 1.12. The lowest BCUT2D eigenvalue weighted by Gasteiger charge is -2.32. The van der Waals surface area contributed by atoms with Crippen molar-refractivity contribution in [1.29, 1.82) is 0 Å². The van der Waals surface area contributed by atoms with Crippen molar-refractivity contribution in [3.8, 4) is 5.75 Å². The number of pyridine rings is 1. The Bertz CT molecular complexity index is 333. The molecule has 0 radical (unpaired) electrons. The van der Waals surface area contributed by atoms with E-state index in [1.807, 2.05) is 19.2 Å². The van der Waals surface area contributed by atoms with E-state index >= 15 is 0 Å². The van der Waals surface area contributed by atoms with E-state index in [9.17, 15) is 0 Å². The van der Waals surface area contributed by atoms with Crippen LogP contribution in [0.5, 0.6) is 5.75 Å². The second-order valence-electron chi connectivity index (χ2n) is 4.31. The van der Waals surface area contributed by atoms with E-state index in [-0.39, 0.29) is 0 Å². The first-order chi connectivity index (χ1) is 8.31. The third kappa shape index (κ3) is 3.17. The molecule has 1 aromatic heterocycles. The van der Waals surface area contributed by atoms with Crippen LogP contribution >= 0.6 is 0 Å². The Balaban J connectivity index is 2.00. The van der Waals surface area contributed by atoms with Crippen molar-refractivity contribution in [2.75, 3.05) is 32.8 Å². The summed E-state index contributed by atoms with van der Waals surface area (Å²) < 4.78 is 5.40. The van der Waals surface area contributed by atoms with E-state index in [0.717, 1.165) is 37.6 Å². The highest BCUT2D eigenvalue weighted by atomic mass is 16.5. The fraction of sp³-hybridized carbons (Fsp3) is 0.615. The minimum absolute atomic E-state index is 0.382. The van der Waals surface area contributed by atoms with Crippen molar-refractivity contribution in [1.82, 2.24) is 15.2 Å². The van der Waals surface area contributed by atoms with Crippen molar-refractivity contribution in [2.45, 2.75) is 19.9 Å². The van der Waals surface area contributed by atoms with Gasteiger partial charge in [0.05, 0.1) is 18.5 Å². The highest BCUT2D eigenvalue weighted by Crippen LogP contribution is 2.20. The summed E-state index contributed by atoms with van der Waals surface area (Å²) in [5.74, 6) is 0.851. The lowest BCUT2D eigenvalue weighted by atomic mass is 10.1. The van der Waals surface area contributed by atoms with Gasteiger partial charge in [-0.05, 0) is 26.0 Å². The molecule has 1 fully saturated rings. The van der Waals surface area contributed by atoms with Crippen molar-refractivity contribution < 1.29 is 4.74 Å². The number of rotatable bonds is 4. The summed E-state index contributed by atoms with van der Waals surface area (Å²) in [6.07, 6.45) is 1.82. The van der Waals surface area contributed by atoms with Gasteiger partial charge in [-0.15, -0.1) is 0 Å². The lowest BCUT2D eigenvalue weighted by molar-refractivity contribution is 0.182. The molecule has 1 saturated heterocycles. The molecule has 94 valence electrons. The Labute approximate surface area is 103 Å². The van der Waals surface area contributed by atoms with Crippen LogP contribution in [0.2, 0.25) is 0 Å². The molecule has 0 aliphatic carbocycles. The van der Waals surface area contributed by atoms with E-state index in [1.54, 1.807) is 0 Å². The molecule has 1 atom stereocenters. The normalized spacial score (nSPS) is 18.9. The predicted octanol–water partition coefficient (Wildman–Crippen LogP) is 1.45. The van der Waals surface area contributed by atoms with Gasteiger partial charge in [0.1, 0.15) is 5.75 Å². The first-order valence-electron chi connectivity index (χ1n) is 6.34. The summed E-state index contributed by atoms with van der Waals surface area (Å²) in [6, 6.07) is 4.45. The summed E-state index contributed by atoms with van der Waals surface area (Å²) in [7, 11) is 0. The van der Waals surface area contributed by atoms with Gasteiger partial charge >= 0.3 is 0 Å². The molecule has 2 rings (SSSR count). The fourth-order valence-corrected chi connectivity index (χ4v) is 2.15. The summed E-state index contributed by atoms with van der Waals surface area (Å²) in [5, 5.41) is 3.36. The summed E-state index contributed by atoms with van der Waals surface area (Å²) >= 11 is 0. The number of nitrogens with zero attached hydrogens (tertiary/aromatic N) is 2. The van der Waals surface area contributed by atoms with Gasteiger partial charge < -0.3 is 10.1 Å². The van der Waals surface area contributed by atoms with E-state index < -0.39 is 0 Å². The molecular formula is C13H21N3O. The first-order valence-corrected chi connectivity index (χ1v) is 6.34. The van der Waals surface area contributed by atoms with Crippen molar-refractivity contribution in [2.24, 2.45) is 0 Å². The largest absolute Gasteiger partial charge is 0.492 e. The lowest BCUT2D eigenvalue weighted by Crippen LogP contribution is -2.44. The zero-order chi connectivity index (χ0) is 12.1. The second kappa shape index (κ2) is 5.98. The van der Waals surface area contributed by atoms with Crippen LogP contribution in [0.25, 0.3) is 0 Å². The Hall–Kier alpha value is -1.13. The van der Waals surface area contributed by atoms with Crippen LogP contribution in [0.4, 0.5) is 0 Å². The van der Waals surface area contributed by atoms with Gasteiger partial charge in [-0.2, -0.15) is 0 Å². The molecule has 17 heavy (non-hydrogen) atoms. The molecule has 1 unspecified atom stereocenters. The van der Waals surface area contributed by atoms with Crippen molar-refractivity contribution in [3.05, 3.63) is 24.0 Å². The summed E-state index contributed by atoms with van der Waals surface area (Å²) in [4.78, 5) is 6.94. The van der Waals surface area contributed by atoms with Crippen molar-refractivity contribution in [3.63, 3.8) is 0 Å². The van der Waals surface area contributed by atoms with Crippen LogP contribution in [-0.2, 0) is 0 Å². The Morgan fingerprint density at radius 3 is 2.76 bits per heavy atom. The van der Waals surface area contributed by atoms with Gasteiger partial charge in [-0.1, -0.05) is 0 Å². The molecule has 0 saturated carbocycles. The molecule has 1 N–H and O–H groups in total. The number of piperazine rings is 1. The monoisotopic (exact) mass is 235 g/mol. The zero-order valence-electron chi connectivity index (χ0n) is 10.6. The first kappa shape index (κ1) is 12.3. The van der Waals surface area contributed by atoms with Crippen LogP contribution in [-0.4, -0.2) is 42.7 Å². The Kier molecular flexibility index (Phi) is 4.34. The van der Waals surface area contributed by atoms with E-state index in [0.29, 0.717) is 12.6 Å². The smallest absolute Gasteiger partial charge is 0.137 e. The average molecular weight is 235 g/mol. The van der Waals surface area contributed by atoms with Gasteiger partial charge in [0, 0.05) is 32.2 Å². The Morgan fingerprint density at radius 1 is 1.41 bits per heavy atom. The van der Waals surface area contributed by atoms with Crippen LogP contribution in [0.15, 0.2) is 18.3 Å². The number of ether oxygens (including phenoxy) is 1. The van der Waals surface area contributed by atoms with Crippen LogP contribution in [0.1, 0.15) is 25.6 Å². The van der Waals surface area contributed by atoms with Crippen molar-refractivity contribution >= 4 is 0 Å². The molecule has 4 heteroatoms. The predicted molar refractivity (Wildman–Crippen MR) is 68.3 cm³/mol. The minimum Gasteiger partial charge on any atom is -0.492 e. The molecule has 4 nitrogen and oxygen atoms in total. The third-order valence-electron chi connectivity index (χ3n) is 3.20. The fourth-order valence-electron chi connectivity index (χ4n) is 2.15. The van der Waals surface area contributed by atoms with Gasteiger partial charge in [0.2, 0.25) is 0 Å². The molecule has 0 bridgehead atoms. The molecular weight excluding hydrogens is 214 g/mol. The van der Waals surface area contributed by atoms with E-state index in [1.165, 1.54) is 0 Å². The number of hydrogen-bond acceptors (Lipinski definition) is 4. The zero-order valence-corrected chi connectivity index (χ0v) is 10.6. The van der Waals surface area contributed by atoms with Gasteiger partial charge in [-0.25, -0.2) is 0 Å². The topological polar surface area (TPSA) is 37.4 Å². The maximum absolute atomic E-state index is 5.40. The van der Waals surface area contributed by atoms with Gasteiger partial charge in [-0.3, -0.25) is 9.88 Å². The average Bonchev–Trinajstić information content (AvgIpc) is 2.40. The van der Waals surface area contributed by atoms with Gasteiger partial charge in [0.25, 0.3) is 0 Å². The number of aromatic nitrogens is 1. The highest BCUT2D eigenvalue weighted by Gasteiger charge is 2.18. The Morgan fingerprint density at radius 2 is 2.18 bits per heavy atom. The maximum Gasteiger partial charge on any atom is 0.137 e. The highest BCUT2D eigenvalue weighted by molar-refractivity contribution is 5.21. The maximum atomic E-state index is 5.40. The third-order valence-corrected chi connectivity index (χ3v) is 3.20. The van der Waals surface area contributed by atoms with Crippen LogP contribution < -0.4 is 10.1 Å².